The lowest BCUT2D eigenvalue weighted by atomic mass is 9.83. The standard InChI is InChI=1S/C31H23NO/c1-3-32-31-20(2)18-19-21-10-8-14-24(29(21)31)22-11-4-5-12-23(22)25-15-9-17-28-30(25)26-13-6-7-16-27(26)33-28/h4-19H,2-3H2,1H3. The molecule has 0 bridgehead atoms. The van der Waals surface area contributed by atoms with Gasteiger partial charge in [-0.05, 0) is 52.4 Å². The number of rotatable bonds is 3. The second kappa shape index (κ2) is 7.75. The molecule has 1 aliphatic rings. The fraction of sp³-hybridized carbons (Fsp3) is 0.0645. The lowest BCUT2D eigenvalue weighted by Gasteiger charge is -2.21. The first kappa shape index (κ1) is 19.5. The molecule has 2 nitrogen and oxygen atoms in total. The predicted octanol–water partition coefficient (Wildman–Crippen LogP) is 8.31. The van der Waals surface area contributed by atoms with Crippen molar-refractivity contribution in [1.29, 1.82) is 0 Å². The summed E-state index contributed by atoms with van der Waals surface area (Å²) in [5, 5.41) is 2.29. The molecular formula is C31H23NO. The molecule has 0 spiro atoms. The summed E-state index contributed by atoms with van der Waals surface area (Å²) in [6.45, 7) is 7.06. The topological polar surface area (TPSA) is 25.5 Å². The van der Waals surface area contributed by atoms with Crippen LogP contribution in [0.15, 0.2) is 113 Å². The zero-order valence-corrected chi connectivity index (χ0v) is 18.5. The minimum absolute atomic E-state index is 0.720. The van der Waals surface area contributed by atoms with Crippen molar-refractivity contribution in [3.63, 3.8) is 0 Å². The first-order valence-corrected chi connectivity index (χ1v) is 11.3. The van der Waals surface area contributed by atoms with Crippen LogP contribution in [0.4, 0.5) is 0 Å². The van der Waals surface area contributed by atoms with Gasteiger partial charge < -0.3 is 4.42 Å². The van der Waals surface area contributed by atoms with Crippen LogP contribution in [0.5, 0.6) is 0 Å². The van der Waals surface area contributed by atoms with Crippen molar-refractivity contribution in [2.75, 3.05) is 6.54 Å². The summed E-state index contributed by atoms with van der Waals surface area (Å²) in [5.74, 6) is 0. The second-order valence-electron chi connectivity index (χ2n) is 8.27. The predicted molar refractivity (Wildman–Crippen MR) is 140 cm³/mol. The fourth-order valence-corrected chi connectivity index (χ4v) is 4.92. The maximum atomic E-state index is 6.17. The highest BCUT2D eigenvalue weighted by atomic mass is 16.3. The first-order valence-electron chi connectivity index (χ1n) is 11.3. The molecule has 6 rings (SSSR count). The molecule has 5 aromatic rings. The molecule has 0 saturated heterocycles. The van der Waals surface area contributed by atoms with Gasteiger partial charge in [0, 0.05) is 22.9 Å². The van der Waals surface area contributed by atoms with Gasteiger partial charge >= 0.3 is 0 Å². The van der Waals surface area contributed by atoms with Gasteiger partial charge in [-0.25, -0.2) is 0 Å². The number of aliphatic imine (C=N–C) groups is 1. The van der Waals surface area contributed by atoms with Crippen molar-refractivity contribution < 1.29 is 4.42 Å². The lowest BCUT2D eigenvalue weighted by Crippen LogP contribution is -2.11. The van der Waals surface area contributed by atoms with E-state index in [4.69, 9.17) is 9.41 Å². The third-order valence-electron chi connectivity index (χ3n) is 6.33. The molecule has 4 aromatic carbocycles. The molecule has 0 aliphatic heterocycles. The Morgan fingerprint density at radius 3 is 2.21 bits per heavy atom. The molecule has 0 N–H and O–H groups in total. The number of para-hydroxylation sites is 1. The molecule has 158 valence electrons. The van der Waals surface area contributed by atoms with Crippen LogP contribution in [0.3, 0.4) is 0 Å². The van der Waals surface area contributed by atoms with Crippen molar-refractivity contribution in [2.45, 2.75) is 6.92 Å². The van der Waals surface area contributed by atoms with Crippen LogP contribution in [0.2, 0.25) is 0 Å². The van der Waals surface area contributed by atoms with E-state index in [1.54, 1.807) is 0 Å². The van der Waals surface area contributed by atoms with Crippen LogP contribution in [0.1, 0.15) is 18.1 Å². The monoisotopic (exact) mass is 425 g/mol. The largest absolute Gasteiger partial charge is 0.456 e. The van der Waals surface area contributed by atoms with Crippen molar-refractivity contribution >= 4 is 33.7 Å². The van der Waals surface area contributed by atoms with Crippen LogP contribution < -0.4 is 0 Å². The molecule has 0 atom stereocenters. The number of hydrogen-bond donors (Lipinski definition) is 0. The number of allylic oxidation sites excluding steroid dienone is 2. The highest BCUT2D eigenvalue weighted by molar-refractivity contribution is 6.22. The minimum Gasteiger partial charge on any atom is -0.456 e. The van der Waals surface area contributed by atoms with Gasteiger partial charge in [0.2, 0.25) is 0 Å². The molecule has 1 aliphatic carbocycles. The van der Waals surface area contributed by atoms with Gasteiger partial charge in [0.1, 0.15) is 11.2 Å². The van der Waals surface area contributed by atoms with Crippen molar-refractivity contribution in [3.8, 4) is 22.3 Å². The lowest BCUT2D eigenvalue weighted by molar-refractivity contribution is 0.669. The SMILES string of the molecule is C=C1C=Cc2cccc(-c3ccccc3-c3cccc4oc5ccccc5c34)c2C1=NCC. The molecule has 33 heavy (non-hydrogen) atoms. The summed E-state index contributed by atoms with van der Waals surface area (Å²) >= 11 is 0. The molecule has 0 amide bonds. The van der Waals surface area contributed by atoms with E-state index < -0.39 is 0 Å². The molecule has 2 heteroatoms. The molecule has 0 unspecified atom stereocenters. The normalized spacial score (nSPS) is 14.3. The minimum atomic E-state index is 0.720. The van der Waals surface area contributed by atoms with E-state index in [1.165, 1.54) is 27.8 Å². The zero-order valence-electron chi connectivity index (χ0n) is 18.5. The fourth-order valence-electron chi connectivity index (χ4n) is 4.92. The van der Waals surface area contributed by atoms with Gasteiger partial charge in [0.05, 0.1) is 5.71 Å². The number of nitrogens with zero attached hydrogens (tertiary/aromatic N) is 1. The van der Waals surface area contributed by atoms with Gasteiger partial charge in [0.15, 0.2) is 0 Å². The van der Waals surface area contributed by atoms with E-state index in [0.717, 1.165) is 45.3 Å². The summed E-state index contributed by atoms with van der Waals surface area (Å²) < 4.78 is 6.17. The van der Waals surface area contributed by atoms with Crippen molar-refractivity contribution in [3.05, 3.63) is 114 Å². The van der Waals surface area contributed by atoms with Crippen molar-refractivity contribution in [2.24, 2.45) is 4.99 Å². The Morgan fingerprint density at radius 1 is 0.697 bits per heavy atom. The maximum absolute atomic E-state index is 6.17. The Balaban J connectivity index is 1.67. The van der Waals surface area contributed by atoms with E-state index in [-0.39, 0.29) is 0 Å². The van der Waals surface area contributed by atoms with E-state index in [1.807, 2.05) is 18.2 Å². The summed E-state index contributed by atoms with van der Waals surface area (Å²) in [6.07, 6.45) is 4.20. The highest BCUT2D eigenvalue weighted by Gasteiger charge is 2.22. The average Bonchev–Trinajstić information content (AvgIpc) is 3.24. The zero-order chi connectivity index (χ0) is 22.4. The van der Waals surface area contributed by atoms with Gasteiger partial charge in [-0.15, -0.1) is 0 Å². The van der Waals surface area contributed by atoms with E-state index in [0.29, 0.717) is 0 Å². The smallest absolute Gasteiger partial charge is 0.136 e. The third-order valence-corrected chi connectivity index (χ3v) is 6.33. The van der Waals surface area contributed by atoms with Gasteiger partial charge in [-0.1, -0.05) is 91.5 Å². The van der Waals surface area contributed by atoms with E-state index in [2.05, 4.69) is 92.4 Å². The van der Waals surface area contributed by atoms with Crippen molar-refractivity contribution in [1.82, 2.24) is 0 Å². The average molecular weight is 426 g/mol. The van der Waals surface area contributed by atoms with Crippen LogP contribution in [0, 0.1) is 0 Å². The number of fused-ring (bicyclic) bond motifs is 4. The first-order chi connectivity index (χ1) is 16.3. The number of benzene rings is 4. The maximum Gasteiger partial charge on any atom is 0.136 e. The Morgan fingerprint density at radius 2 is 1.36 bits per heavy atom. The van der Waals surface area contributed by atoms with Gasteiger partial charge in [0.25, 0.3) is 0 Å². The molecule has 1 aromatic heterocycles. The Kier molecular flexibility index (Phi) is 4.58. The quantitative estimate of drug-likeness (QED) is 0.285. The van der Waals surface area contributed by atoms with Gasteiger partial charge in [-0.2, -0.15) is 0 Å². The highest BCUT2D eigenvalue weighted by Crippen LogP contribution is 2.42. The summed E-state index contributed by atoms with van der Waals surface area (Å²) in [7, 11) is 0. The second-order valence-corrected chi connectivity index (χ2v) is 8.27. The van der Waals surface area contributed by atoms with Crippen LogP contribution in [-0.4, -0.2) is 12.3 Å². The molecule has 0 fully saturated rings. The summed E-state index contributed by atoms with van der Waals surface area (Å²) in [5.41, 5.74) is 10.8. The Hall–Kier alpha value is -4.17. The van der Waals surface area contributed by atoms with E-state index >= 15 is 0 Å². The molecule has 1 heterocycles. The van der Waals surface area contributed by atoms with Crippen LogP contribution in [-0.2, 0) is 0 Å². The molecule has 0 saturated carbocycles. The Labute approximate surface area is 193 Å². The van der Waals surface area contributed by atoms with E-state index in [9.17, 15) is 0 Å². The third kappa shape index (κ3) is 3.07. The van der Waals surface area contributed by atoms with Crippen LogP contribution in [0.25, 0.3) is 50.3 Å². The number of furan rings is 1. The number of hydrogen-bond acceptors (Lipinski definition) is 2. The Bertz CT molecular complexity index is 1610. The summed E-state index contributed by atoms with van der Waals surface area (Å²) in [6, 6.07) is 29.7. The van der Waals surface area contributed by atoms with Crippen LogP contribution >= 0.6 is 0 Å². The van der Waals surface area contributed by atoms with Gasteiger partial charge in [-0.3, -0.25) is 4.99 Å². The molecular weight excluding hydrogens is 402 g/mol. The molecule has 0 radical (unpaired) electrons. The summed E-state index contributed by atoms with van der Waals surface area (Å²) in [4.78, 5) is 4.83.